The Labute approximate surface area is 222 Å². The second-order valence-corrected chi connectivity index (χ2v) is 11.5. The van der Waals surface area contributed by atoms with Crippen LogP contribution in [-0.4, -0.2) is 52.7 Å². The van der Waals surface area contributed by atoms with Gasteiger partial charge in [-0.05, 0) is 67.7 Å². The summed E-state index contributed by atoms with van der Waals surface area (Å²) >= 11 is 1.04. The quantitative estimate of drug-likeness (QED) is 0.597. The van der Waals surface area contributed by atoms with Gasteiger partial charge in [0.15, 0.2) is 0 Å². The van der Waals surface area contributed by atoms with Crippen molar-refractivity contribution >= 4 is 40.4 Å². The third-order valence-corrected chi connectivity index (χ3v) is 8.79. The number of thioether (sulfide) groups is 1. The minimum atomic E-state index is -0.413. The molecule has 0 aliphatic carbocycles. The molecular weight excluding hydrogens is 486 g/mol. The Morgan fingerprint density at radius 2 is 1.78 bits per heavy atom. The Balaban J connectivity index is 1.16. The van der Waals surface area contributed by atoms with E-state index in [1.165, 1.54) is 5.56 Å². The van der Waals surface area contributed by atoms with Gasteiger partial charge in [0.2, 0.25) is 17.7 Å². The summed E-state index contributed by atoms with van der Waals surface area (Å²) in [6, 6.07) is 14.1. The Hall–Kier alpha value is -3.13. The molecule has 1 unspecified atom stereocenters. The van der Waals surface area contributed by atoms with E-state index in [1.54, 1.807) is 0 Å². The first kappa shape index (κ1) is 25.5. The van der Waals surface area contributed by atoms with Crippen LogP contribution in [0.5, 0.6) is 0 Å². The van der Waals surface area contributed by atoms with Gasteiger partial charge in [-0.3, -0.25) is 24.5 Å². The van der Waals surface area contributed by atoms with E-state index in [4.69, 9.17) is 0 Å². The number of piperidine rings is 1. The Morgan fingerprint density at radius 1 is 1.03 bits per heavy atom. The number of nitrogens with one attached hydrogen (secondary N) is 1. The second-order valence-electron chi connectivity index (χ2n) is 10.3. The fourth-order valence-corrected chi connectivity index (χ4v) is 6.45. The minimum absolute atomic E-state index is 0.138. The van der Waals surface area contributed by atoms with Crippen molar-refractivity contribution in [2.24, 2.45) is 5.92 Å². The van der Waals surface area contributed by atoms with E-state index in [0.717, 1.165) is 66.5 Å². The van der Waals surface area contributed by atoms with E-state index in [1.807, 2.05) is 59.2 Å². The van der Waals surface area contributed by atoms with Crippen LogP contribution in [0.4, 0.5) is 10.5 Å². The van der Waals surface area contributed by atoms with E-state index >= 15 is 0 Å². The van der Waals surface area contributed by atoms with E-state index < -0.39 is 5.25 Å². The average Bonchev–Trinajstić information content (AvgIpc) is 3.21. The molecule has 8 heteroatoms. The molecule has 3 aliphatic heterocycles. The van der Waals surface area contributed by atoms with Crippen LogP contribution in [0.15, 0.2) is 42.5 Å². The van der Waals surface area contributed by atoms with Crippen LogP contribution in [0.1, 0.15) is 47.9 Å². The Morgan fingerprint density at radius 3 is 2.49 bits per heavy atom. The van der Waals surface area contributed by atoms with E-state index in [9.17, 15) is 19.2 Å². The zero-order valence-corrected chi connectivity index (χ0v) is 22.0. The van der Waals surface area contributed by atoms with Crippen molar-refractivity contribution in [2.75, 3.05) is 24.5 Å². The highest BCUT2D eigenvalue weighted by molar-refractivity contribution is 8.15. The molecule has 1 N–H and O–H groups in total. The molecule has 2 aromatic rings. The van der Waals surface area contributed by atoms with Gasteiger partial charge in [0.1, 0.15) is 0 Å². The van der Waals surface area contributed by atoms with Gasteiger partial charge in [-0.2, -0.15) is 0 Å². The van der Waals surface area contributed by atoms with Crippen LogP contribution in [0.2, 0.25) is 0 Å². The standard InChI is InChI=1S/C29H33N3O4S/c1-19-5-7-21(8-6-19)17-27(34)31-14-11-20(12-15-31)13-16-32-24-4-2-3-22(23(24)9-10-26(32)33)18-25-28(35)30-29(36)37-25/h2-8,20,25H,9-18H2,1H3,(H,30,35,36). The summed E-state index contributed by atoms with van der Waals surface area (Å²) in [5.74, 6) is 0.568. The predicted octanol–water partition coefficient (Wildman–Crippen LogP) is 4.04. The van der Waals surface area contributed by atoms with Crippen molar-refractivity contribution in [1.82, 2.24) is 10.2 Å². The lowest BCUT2D eigenvalue weighted by Gasteiger charge is -2.35. The van der Waals surface area contributed by atoms with Gasteiger partial charge in [-0.1, -0.05) is 53.7 Å². The number of carbonyl (C=O) groups excluding carboxylic acids is 4. The summed E-state index contributed by atoms with van der Waals surface area (Å²) in [6.07, 6.45) is 4.87. The lowest BCUT2D eigenvalue weighted by atomic mass is 9.90. The van der Waals surface area contributed by atoms with Crippen molar-refractivity contribution in [2.45, 2.75) is 57.1 Å². The van der Waals surface area contributed by atoms with Crippen LogP contribution in [-0.2, 0) is 33.6 Å². The van der Waals surface area contributed by atoms with Crippen LogP contribution in [0, 0.1) is 12.8 Å². The van der Waals surface area contributed by atoms with Gasteiger partial charge in [-0.15, -0.1) is 0 Å². The number of likely N-dealkylation sites (tertiary alicyclic amines) is 1. The average molecular weight is 520 g/mol. The summed E-state index contributed by atoms with van der Waals surface area (Å²) in [4.78, 5) is 53.2. The zero-order valence-electron chi connectivity index (χ0n) is 21.2. The molecule has 0 radical (unpaired) electrons. The van der Waals surface area contributed by atoms with Crippen LogP contribution < -0.4 is 10.2 Å². The summed E-state index contributed by atoms with van der Waals surface area (Å²) in [6.45, 7) is 4.24. The molecule has 5 rings (SSSR count). The van der Waals surface area contributed by atoms with Crippen molar-refractivity contribution < 1.29 is 19.2 Å². The maximum Gasteiger partial charge on any atom is 0.286 e. The predicted molar refractivity (Wildman–Crippen MR) is 145 cm³/mol. The van der Waals surface area contributed by atoms with Gasteiger partial charge in [-0.25, -0.2) is 0 Å². The van der Waals surface area contributed by atoms with Crippen molar-refractivity contribution in [1.29, 1.82) is 0 Å². The molecule has 3 heterocycles. The number of hydrogen-bond acceptors (Lipinski definition) is 5. The maximum atomic E-state index is 12.9. The minimum Gasteiger partial charge on any atom is -0.342 e. The molecule has 7 nitrogen and oxygen atoms in total. The summed E-state index contributed by atoms with van der Waals surface area (Å²) in [5.41, 5.74) is 5.34. The number of nitrogens with zero attached hydrogens (tertiary/aromatic N) is 2. The number of fused-ring (bicyclic) bond motifs is 1. The number of amides is 4. The van der Waals surface area contributed by atoms with E-state index in [-0.39, 0.29) is 23.0 Å². The highest BCUT2D eigenvalue weighted by atomic mass is 32.2. The number of anilines is 1. The molecule has 0 aromatic heterocycles. The zero-order chi connectivity index (χ0) is 25.9. The molecular formula is C29H33N3O4S. The molecule has 2 fully saturated rings. The third kappa shape index (κ3) is 5.90. The molecule has 0 saturated carbocycles. The first-order chi connectivity index (χ1) is 17.9. The van der Waals surface area contributed by atoms with E-state index in [2.05, 4.69) is 5.32 Å². The highest BCUT2D eigenvalue weighted by Gasteiger charge is 2.34. The number of hydrogen-bond donors (Lipinski definition) is 1. The fourth-order valence-electron chi connectivity index (χ4n) is 5.60. The summed E-state index contributed by atoms with van der Waals surface area (Å²) in [7, 11) is 0. The number of carbonyl (C=O) groups is 4. The largest absolute Gasteiger partial charge is 0.342 e. The molecule has 194 valence electrons. The normalized spacial score (nSPS) is 20.2. The van der Waals surface area contributed by atoms with Gasteiger partial charge >= 0.3 is 0 Å². The van der Waals surface area contributed by atoms with Crippen LogP contribution >= 0.6 is 11.8 Å². The van der Waals surface area contributed by atoms with Gasteiger partial charge < -0.3 is 9.80 Å². The van der Waals surface area contributed by atoms with Gasteiger partial charge in [0.05, 0.1) is 11.7 Å². The lowest BCUT2D eigenvalue weighted by molar-refractivity contribution is -0.131. The van der Waals surface area contributed by atoms with Crippen LogP contribution in [0.25, 0.3) is 0 Å². The second kappa shape index (κ2) is 11.1. The summed E-state index contributed by atoms with van der Waals surface area (Å²) < 4.78 is 0. The van der Waals surface area contributed by atoms with Gasteiger partial charge in [0, 0.05) is 31.7 Å². The number of aryl methyl sites for hydroxylation is 1. The number of rotatable bonds is 7. The van der Waals surface area contributed by atoms with Crippen LogP contribution in [0.3, 0.4) is 0 Å². The molecule has 0 bridgehead atoms. The van der Waals surface area contributed by atoms with E-state index in [0.29, 0.717) is 38.1 Å². The smallest absolute Gasteiger partial charge is 0.286 e. The fraction of sp³-hybridized carbons (Fsp3) is 0.448. The molecule has 4 amide bonds. The number of benzene rings is 2. The topological polar surface area (TPSA) is 86.8 Å². The van der Waals surface area contributed by atoms with Crippen molar-refractivity contribution in [3.05, 3.63) is 64.7 Å². The maximum absolute atomic E-state index is 12.9. The SMILES string of the molecule is Cc1ccc(CC(=O)N2CCC(CCN3C(=O)CCc4c(CC5SC(=O)NC5=O)cccc43)CC2)cc1. The Kier molecular flexibility index (Phi) is 7.65. The molecule has 2 saturated heterocycles. The monoisotopic (exact) mass is 519 g/mol. The number of imide groups is 1. The Bertz CT molecular complexity index is 1200. The first-order valence-electron chi connectivity index (χ1n) is 13.1. The van der Waals surface area contributed by atoms with Crippen molar-refractivity contribution in [3.8, 4) is 0 Å². The molecule has 0 spiro atoms. The third-order valence-electron chi connectivity index (χ3n) is 7.81. The molecule has 3 aliphatic rings. The molecule has 37 heavy (non-hydrogen) atoms. The molecule has 2 aromatic carbocycles. The first-order valence-corrected chi connectivity index (χ1v) is 14.0. The lowest BCUT2D eigenvalue weighted by Crippen LogP contribution is -2.41. The summed E-state index contributed by atoms with van der Waals surface area (Å²) in [5, 5.41) is 1.65. The highest BCUT2D eigenvalue weighted by Crippen LogP contribution is 2.34. The van der Waals surface area contributed by atoms with Gasteiger partial charge in [0.25, 0.3) is 5.24 Å². The van der Waals surface area contributed by atoms with Crippen molar-refractivity contribution in [3.63, 3.8) is 0 Å². The molecule has 1 atom stereocenters.